The highest BCUT2D eigenvalue weighted by molar-refractivity contribution is 9.10. The molecule has 0 saturated carbocycles. The van der Waals surface area contributed by atoms with E-state index < -0.39 is 0 Å². The molecule has 1 aromatic rings. The maximum Gasteiger partial charge on any atom is 0.222 e. The van der Waals surface area contributed by atoms with Crippen LogP contribution in [0.1, 0.15) is 19.8 Å². The second-order valence-corrected chi connectivity index (χ2v) is 5.02. The van der Waals surface area contributed by atoms with Gasteiger partial charge in [-0.1, -0.05) is 6.92 Å². The third kappa shape index (κ3) is 3.15. The number of piperidine rings is 1. The zero-order valence-corrected chi connectivity index (χ0v) is 11.1. The van der Waals surface area contributed by atoms with Gasteiger partial charge in [-0.15, -0.1) is 0 Å². The van der Waals surface area contributed by atoms with Gasteiger partial charge in [-0.3, -0.25) is 0 Å². The van der Waals surface area contributed by atoms with Crippen molar-refractivity contribution in [2.75, 3.05) is 25.0 Å². The molecule has 0 aromatic carbocycles. The Morgan fingerprint density at radius 2 is 2.25 bits per heavy atom. The maximum absolute atomic E-state index is 4.24. The van der Waals surface area contributed by atoms with E-state index in [1.807, 2.05) is 0 Å². The molecule has 1 aliphatic rings. The molecule has 5 heteroatoms. The van der Waals surface area contributed by atoms with Gasteiger partial charge in [-0.2, -0.15) is 0 Å². The van der Waals surface area contributed by atoms with E-state index in [2.05, 4.69) is 43.0 Å². The predicted octanol–water partition coefficient (Wildman–Crippen LogP) is 2.14. The number of aromatic nitrogens is 2. The smallest absolute Gasteiger partial charge is 0.222 e. The van der Waals surface area contributed by atoms with Crippen LogP contribution in [0.25, 0.3) is 0 Å². The number of nitrogens with zero attached hydrogens (tertiary/aromatic N) is 3. The Labute approximate surface area is 105 Å². The van der Waals surface area contributed by atoms with Gasteiger partial charge in [0, 0.05) is 25.0 Å². The molecule has 0 aliphatic carbocycles. The van der Waals surface area contributed by atoms with Crippen LogP contribution in [0.3, 0.4) is 0 Å². The minimum absolute atomic E-state index is 0.481. The molecule has 88 valence electrons. The third-order valence-electron chi connectivity index (χ3n) is 2.91. The Balaban J connectivity index is 1.91. The Kier molecular flexibility index (Phi) is 4.12. The number of halogens is 1. The van der Waals surface area contributed by atoms with E-state index in [1.54, 1.807) is 12.4 Å². The molecule has 0 radical (unpaired) electrons. The van der Waals surface area contributed by atoms with E-state index in [0.717, 1.165) is 23.5 Å². The Bertz CT molecular complexity index is 327. The Morgan fingerprint density at radius 1 is 1.50 bits per heavy atom. The standard InChI is InChI=1S/C11H17BrN4/c1-2-16-5-3-4-10(8-16)15-11-13-6-9(12)7-14-11/h6-7,10H,2-5,8H2,1H3,(H,13,14,15). The van der Waals surface area contributed by atoms with Gasteiger partial charge in [0.15, 0.2) is 0 Å². The van der Waals surface area contributed by atoms with Gasteiger partial charge in [0.05, 0.1) is 4.47 Å². The van der Waals surface area contributed by atoms with Gasteiger partial charge < -0.3 is 10.2 Å². The summed E-state index contributed by atoms with van der Waals surface area (Å²) in [7, 11) is 0. The number of likely N-dealkylation sites (tertiary alicyclic amines) is 1. The number of likely N-dealkylation sites (N-methyl/N-ethyl adjacent to an activating group) is 1. The van der Waals surface area contributed by atoms with Crippen LogP contribution in [-0.4, -0.2) is 40.5 Å². The maximum atomic E-state index is 4.24. The first-order valence-corrected chi connectivity index (χ1v) is 6.53. The molecule has 4 nitrogen and oxygen atoms in total. The van der Waals surface area contributed by atoms with Crippen LogP contribution in [-0.2, 0) is 0 Å². The lowest BCUT2D eigenvalue weighted by molar-refractivity contribution is 0.226. The summed E-state index contributed by atoms with van der Waals surface area (Å²) < 4.78 is 0.914. The van der Waals surface area contributed by atoms with Crippen molar-refractivity contribution in [2.24, 2.45) is 0 Å². The predicted molar refractivity (Wildman–Crippen MR) is 68.5 cm³/mol. The zero-order chi connectivity index (χ0) is 11.4. The SMILES string of the molecule is CCN1CCCC(Nc2ncc(Br)cn2)C1. The molecule has 16 heavy (non-hydrogen) atoms. The average Bonchev–Trinajstić information content (AvgIpc) is 2.32. The molecule has 1 fully saturated rings. The fraction of sp³-hybridized carbons (Fsp3) is 0.636. The fourth-order valence-corrected chi connectivity index (χ4v) is 2.23. The zero-order valence-electron chi connectivity index (χ0n) is 9.49. The molecule has 0 amide bonds. The van der Waals surface area contributed by atoms with Crippen molar-refractivity contribution >= 4 is 21.9 Å². The monoisotopic (exact) mass is 284 g/mol. The lowest BCUT2D eigenvalue weighted by Gasteiger charge is -2.32. The summed E-state index contributed by atoms with van der Waals surface area (Å²) in [5.41, 5.74) is 0. The number of rotatable bonds is 3. The summed E-state index contributed by atoms with van der Waals surface area (Å²) in [6.07, 6.45) is 6.00. The fourth-order valence-electron chi connectivity index (χ4n) is 2.03. The van der Waals surface area contributed by atoms with Crippen LogP contribution in [0.2, 0.25) is 0 Å². The van der Waals surface area contributed by atoms with E-state index in [-0.39, 0.29) is 0 Å². The molecule has 0 bridgehead atoms. The van der Waals surface area contributed by atoms with Crippen LogP contribution < -0.4 is 5.32 Å². The van der Waals surface area contributed by atoms with Crippen molar-refractivity contribution in [1.29, 1.82) is 0 Å². The molecular formula is C11H17BrN4. The van der Waals surface area contributed by atoms with Gasteiger partial charge >= 0.3 is 0 Å². The molecule has 1 N–H and O–H groups in total. The van der Waals surface area contributed by atoms with E-state index in [1.165, 1.54) is 19.4 Å². The molecule has 1 saturated heterocycles. The topological polar surface area (TPSA) is 41.0 Å². The normalized spacial score (nSPS) is 22.0. The van der Waals surface area contributed by atoms with Crippen molar-refractivity contribution in [3.8, 4) is 0 Å². The summed E-state index contributed by atoms with van der Waals surface area (Å²) in [6.45, 7) is 5.64. The van der Waals surface area contributed by atoms with E-state index in [0.29, 0.717) is 6.04 Å². The van der Waals surface area contributed by atoms with Crippen LogP contribution in [0.5, 0.6) is 0 Å². The number of hydrogen-bond acceptors (Lipinski definition) is 4. The summed E-state index contributed by atoms with van der Waals surface area (Å²) in [5, 5.41) is 3.39. The van der Waals surface area contributed by atoms with Gasteiger partial charge in [0.25, 0.3) is 0 Å². The average molecular weight is 285 g/mol. The van der Waals surface area contributed by atoms with Crippen molar-refractivity contribution in [3.63, 3.8) is 0 Å². The highest BCUT2D eigenvalue weighted by Gasteiger charge is 2.18. The first-order valence-electron chi connectivity index (χ1n) is 5.74. The van der Waals surface area contributed by atoms with Crippen molar-refractivity contribution < 1.29 is 0 Å². The van der Waals surface area contributed by atoms with Crippen LogP contribution >= 0.6 is 15.9 Å². The van der Waals surface area contributed by atoms with Gasteiger partial charge in [-0.05, 0) is 41.9 Å². The van der Waals surface area contributed by atoms with Crippen molar-refractivity contribution in [3.05, 3.63) is 16.9 Å². The molecule has 1 aromatic heterocycles. The highest BCUT2D eigenvalue weighted by Crippen LogP contribution is 2.14. The second kappa shape index (κ2) is 5.59. The molecule has 1 aliphatic heterocycles. The Hall–Kier alpha value is -0.680. The first kappa shape index (κ1) is 11.8. The third-order valence-corrected chi connectivity index (χ3v) is 3.32. The number of nitrogens with one attached hydrogen (secondary N) is 1. The molecular weight excluding hydrogens is 268 g/mol. The van der Waals surface area contributed by atoms with E-state index in [9.17, 15) is 0 Å². The molecule has 2 rings (SSSR count). The van der Waals surface area contributed by atoms with E-state index in [4.69, 9.17) is 0 Å². The first-order chi connectivity index (χ1) is 7.78. The summed E-state index contributed by atoms with van der Waals surface area (Å²) in [6, 6.07) is 0.481. The lowest BCUT2D eigenvalue weighted by Crippen LogP contribution is -2.42. The minimum atomic E-state index is 0.481. The molecule has 2 heterocycles. The molecule has 0 spiro atoms. The number of hydrogen-bond donors (Lipinski definition) is 1. The lowest BCUT2D eigenvalue weighted by atomic mass is 10.1. The van der Waals surface area contributed by atoms with Crippen LogP contribution in [0.4, 0.5) is 5.95 Å². The van der Waals surface area contributed by atoms with Crippen LogP contribution in [0, 0.1) is 0 Å². The van der Waals surface area contributed by atoms with E-state index >= 15 is 0 Å². The van der Waals surface area contributed by atoms with Gasteiger partial charge in [-0.25, -0.2) is 9.97 Å². The van der Waals surface area contributed by atoms with Crippen molar-refractivity contribution in [2.45, 2.75) is 25.8 Å². The largest absolute Gasteiger partial charge is 0.350 e. The quantitative estimate of drug-likeness (QED) is 0.923. The minimum Gasteiger partial charge on any atom is -0.350 e. The van der Waals surface area contributed by atoms with Gasteiger partial charge in [0.2, 0.25) is 5.95 Å². The molecule has 1 atom stereocenters. The summed E-state index contributed by atoms with van der Waals surface area (Å²) >= 11 is 3.33. The van der Waals surface area contributed by atoms with Crippen molar-refractivity contribution in [1.82, 2.24) is 14.9 Å². The summed E-state index contributed by atoms with van der Waals surface area (Å²) in [5.74, 6) is 0.728. The Morgan fingerprint density at radius 3 is 2.94 bits per heavy atom. The number of anilines is 1. The second-order valence-electron chi connectivity index (χ2n) is 4.10. The van der Waals surface area contributed by atoms with Gasteiger partial charge in [0.1, 0.15) is 0 Å². The summed E-state index contributed by atoms with van der Waals surface area (Å²) in [4.78, 5) is 10.9. The highest BCUT2D eigenvalue weighted by atomic mass is 79.9. The van der Waals surface area contributed by atoms with Crippen LogP contribution in [0.15, 0.2) is 16.9 Å². The molecule has 1 unspecified atom stereocenters.